The maximum Gasteiger partial charge on any atom is 0.268 e. The standard InChI is InChI=1S/C22H30N2O/c1-5-16(3)23-22(25)21-17(4)19-12-8-9-13-20(19)24(21)14-18-11-7-6-10-15(18)2/h6-7,10-11,16H,5,8-9,12-14H2,1-4H3,(H,23,25)/t16-/m0/s1. The molecule has 1 aliphatic carbocycles. The lowest BCUT2D eigenvalue weighted by molar-refractivity contribution is 0.0929. The molecule has 1 atom stereocenters. The fourth-order valence-electron chi connectivity index (χ4n) is 3.89. The molecule has 0 aliphatic heterocycles. The monoisotopic (exact) mass is 338 g/mol. The molecule has 1 heterocycles. The third-order valence-corrected chi connectivity index (χ3v) is 5.64. The van der Waals surface area contributed by atoms with Crippen molar-refractivity contribution in [3.05, 3.63) is 57.9 Å². The number of amides is 1. The highest BCUT2D eigenvalue weighted by Crippen LogP contribution is 2.31. The Kier molecular flexibility index (Phi) is 5.31. The summed E-state index contributed by atoms with van der Waals surface area (Å²) in [6.45, 7) is 9.24. The van der Waals surface area contributed by atoms with Crippen molar-refractivity contribution < 1.29 is 4.79 Å². The van der Waals surface area contributed by atoms with Crippen LogP contribution in [0.2, 0.25) is 0 Å². The first-order valence-electron chi connectivity index (χ1n) is 9.59. The van der Waals surface area contributed by atoms with Gasteiger partial charge in [0.05, 0.1) is 0 Å². The third kappa shape index (κ3) is 3.51. The minimum atomic E-state index is 0.0786. The zero-order valence-corrected chi connectivity index (χ0v) is 16.0. The first-order chi connectivity index (χ1) is 12.0. The molecule has 0 bridgehead atoms. The number of aromatic nitrogens is 1. The Bertz CT molecular complexity index is 773. The van der Waals surface area contributed by atoms with E-state index in [-0.39, 0.29) is 11.9 Å². The molecule has 134 valence electrons. The largest absolute Gasteiger partial charge is 0.348 e. The number of nitrogens with one attached hydrogen (secondary N) is 1. The molecule has 0 saturated carbocycles. The molecule has 1 amide bonds. The van der Waals surface area contributed by atoms with Crippen LogP contribution in [0.5, 0.6) is 0 Å². The van der Waals surface area contributed by atoms with Gasteiger partial charge in [-0.2, -0.15) is 0 Å². The van der Waals surface area contributed by atoms with Gasteiger partial charge in [0.2, 0.25) is 0 Å². The molecule has 2 aromatic rings. The number of hydrogen-bond donors (Lipinski definition) is 1. The quantitative estimate of drug-likeness (QED) is 0.852. The van der Waals surface area contributed by atoms with Crippen LogP contribution in [0.15, 0.2) is 24.3 Å². The molecule has 0 fully saturated rings. The van der Waals surface area contributed by atoms with Gasteiger partial charge in [-0.15, -0.1) is 0 Å². The predicted octanol–water partition coefficient (Wildman–Crippen LogP) is 4.56. The lowest BCUT2D eigenvalue weighted by atomic mass is 9.95. The molecule has 3 heteroatoms. The Balaban J connectivity index is 2.05. The van der Waals surface area contributed by atoms with Crippen LogP contribution in [0, 0.1) is 13.8 Å². The molecule has 0 spiro atoms. The molecule has 3 nitrogen and oxygen atoms in total. The van der Waals surface area contributed by atoms with Crippen molar-refractivity contribution in [2.75, 3.05) is 0 Å². The summed E-state index contributed by atoms with van der Waals surface area (Å²) in [5.41, 5.74) is 7.42. The number of carbonyl (C=O) groups is 1. The Morgan fingerprint density at radius 3 is 2.64 bits per heavy atom. The van der Waals surface area contributed by atoms with Crippen LogP contribution < -0.4 is 5.32 Å². The van der Waals surface area contributed by atoms with E-state index in [0.29, 0.717) is 0 Å². The minimum absolute atomic E-state index is 0.0786. The molecule has 1 aromatic heterocycles. The van der Waals surface area contributed by atoms with E-state index in [1.807, 2.05) is 0 Å². The van der Waals surface area contributed by atoms with E-state index >= 15 is 0 Å². The normalized spacial score (nSPS) is 14.9. The molecule has 1 aliphatic rings. The molecule has 25 heavy (non-hydrogen) atoms. The van der Waals surface area contributed by atoms with Gasteiger partial charge in [-0.25, -0.2) is 0 Å². The van der Waals surface area contributed by atoms with Crippen molar-refractivity contribution >= 4 is 5.91 Å². The molecular weight excluding hydrogens is 308 g/mol. The number of hydrogen-bond acceptors (Lipinski definition) is 1. The van der Waals surface area contributed by atoms with Crippen LogP contribution in [0.25, 0.3) is 0 Å². The Morgan fingerprint density at radius 1 is 1.20 bits per heavy atom. The fraction of sp³-hybridized carbons (Fsp3) is 0.500. The van der Waals surface area contributed by atoms with Crippen LogP contribution in [-0.2, 0) is 19.4 Å². The van der Waals surface area contributed by atoms with Gasteiger partial charge in [0.25, 0.3) is 5.91 Å². The fourth-order valence-corrected chi connectivity index (χ4v) is 3.89. The topological polar surface area (TPSA) is 34.0 Å². The van der Waals surface area contributed by atoms with Crippen LogP contribution in [0.1, 0.15) is 71.5 Å². The van der Waals surface area contributed by atoms with E-state index < -0.39 is 0 Å². The zero-order chi connectivity index (χ0) is 18.0. The van der Waals surface area contributed by atoms with Crippen LogP contribution in [0.3, 0.4) is 0 Å². The van der Waals surface area contributed by atoms with Crippen molar-refractivity contribution in [3.63, 3.8) is 0 Å². The average molecular weight is 338 g/mol. The Hall–Kier alpha value is -2.03. The average Bonchev–Trinajstić information content (AvgIpc) is 2.89. The summed E-state index contributed by atoms with van der Waals surface area (Å²) in [7, 11) is 0. The molecular formula is C22H30N2O. The van der Waals surface area contributed by atoms with Gasteiger partial charge in [0, 0.05) is 18.3 Å². The summed E-state index contributed by atoms with van der Waals surface area (Å²) in [5, 5.41) is 3.18. The summed E-state index contributed by atoms with van der Waals surface area (Å²) >= 11 is 0. The highest BCUT2D eigenvalue weighted by Gasteiger charge is 2.26. The van der Waals surface area contributed by atoms with E-state index in [9.17, 15) is 4.79 Å². The summed E-state index contributed by atoms with van der Waals surface area (Å²) in [5.74, 6) is 0.0786. The maximum atomic E-state index is 13.0. The second-order valence-electron chi connectivity index (χ2n) is 7.40. The summed E-state index contributed by atoms with van der Waals surface area (Å²) in [4.78, 5) is 13.0. The number of aryl methyl sites for hydroxylation is 1. The van der Waals surface area contributed by atoms with Crippen LogP contribution in [0.4, 0.5) is 0 Å². The summed E-state index contributed by atoms with van der Waals surface area (Å²) < 4.78 is 2.30. The molecule has 0 radical (unpaired) electrons. The van der Waals surface area contributed by atoms with Crippen molar-refractivity contribution in [2.24, 2.45) is 0 Å². The van der Waals surface area contributed by atoms with Crippen LogP contribution in [-0.4, -0.2) is 16.5 Å². The van der Waals surface area contributed by atoms with Gasteiger partial charge in [-0.1, -0.05) is 31.2 Å². The lowest BCUT2D eigenvalue weighted by Gasteiger charge is -2.19. The highest BCUT2D eigenvalue weighted by atomic mass is 16.2. The SMILES string of the molecule is CC[C@H](C)NC(=O)c1c(C)c2c(n1Cc1ccccc1C)CCCC2. The second-order valence-corrected chi connectivity index (χ2v) is 7.40. The van der Waals surface area contributed by atoms with Crippen LogP contribution >= 0.6 is 0 Å². The maximum absolute atomic E-state index is 13.0. The Labute approximate surface area is 151 Å². The van der Waals surface area contributed by atoms with E-state index in [2.05, 4.69) is 61.8 Å². The van der Waals surface area contributed by atoms with Gasteiger partial charge in [-0.3, -0.25) is 4.79 Å². The lowest BCUT2D eigenvalue weighted by Crippen LogP contribution is -2.34. The van der Waals surface area contributed by atoms with Gasteiger partial charge >= 0.3 is 0 Å². The van der Waals surface area contributed by atoms with E-state index in [4.69, 9.17) is 0 Å². The predicted molar refractivity (Wildman–Crippen MR) is 103 cm³/mol. The van der Waals surface area contributed by atoms with E-state index in [1.165, 1.54) is 40.8 Å². The summed E-state index contributed by atoms with van der Waals surface area (Å²) in [6, 6.07) is 8.69. The van der Waals surface area contributed by atoms with Gasteiger partial charge in [0.1, 0.15) is 5.69 Å². The zero-order valence-electron chi connectivity index (χ0n) is 16.0. The van der Waals surface area contributed by atoms with Crippen molar-refractivity contribution in [2.45, 2.75) is 72.4 Å². The number of carbonyl (C=O) groups excluding carboxylic acids is 1. The molecule has 1 aromatic carbocycles. The first-order valence-corrected chi connectivity index (χ1v) is 9.59. The molecule has 1 N–H and O–H groups in total. The Morgan fingerprint density at radius 2 is 1.92 bits per heavy atom. The van der Waals surface area contributed by atoms with Gasteiger partial charge in [-0.05, 0) is 75.1 Å². The minimum Gasteiger partial charge on any atom is -0.348 e. The molecule has 3 rings (SSSR count). The third-order valence-electron chi connectivity index (χ3n) is 5.64. The highest BCUT2D eigenvalue weighted by molar-refractivity contribution is 5.95. The smallest absolute Gasteiger partial charge is 0.268 e. The summed E-state index contributed by atoms with van der Waals surface area (Å²) in [6.07, 6.45) is 5.58. The number of rotatable bonds is 5. The van der Waals surface area contributed by atoms with Gasteiger partial charge < -0.3 is 9.88 Å². The van der Waals surface area contributed by atoms with E-state index in [1.54, 1.807) is 0 Å². The van der Waals surface area contributed by atoms with Gasteiger partial charge in [0.15, 0.2) is 0 Å². The van der Waals surface area contributed by atoms with Crippen molar-refractivity contribution in [3.8, 4) is 0 Å². The molecule has 0 unspecified atom stereocenters. The number of fused-ring (bicyclic) bond motifs is 1. The first kappa shape index (κ1) is 17.8. The second kappa shape index (κ2) is 7.47. The van der Waals surface area contributed by atoms with Crippen molar-refractivity contribution in [1.29, 1.82) is 0 Å². The van der Waals surface area contributed by atoms with E-state index in [0.717, 1.165) is 31.5 Å². The number of nitrogens with zero attached hydrogens (tertiary/aromatic N) is 1. The van der Waals surface area contributed by atoms with Crippen molar-refractivity contribution in [1.82, 2.24) is 9.88 Å². The molecule has 0 saturated heterocycles. The number of benzene rings is 1.